The summed E-state index contributed by atoms with van der Waals surface area (Å²) in [6.07, 6.45) is 2.41. The topological polar surface area (TPSA) is 121 Å². The van der Waals surface area contributed by atoms with E-state index in [2.05, 4.69) is 27.0 Å². The Balaban J connectivity index is 1.30. The lowest BCUT2D eigenvalue weighted by Crippen LogP contribution is -2.50. The number of halogens is 2. The predicted molar refractivity (Wildman–Crippen MR) is 157 cm³/mol. The van der Waals surface area contributed by atoms with Gasteiger partial charge in [-0.1, -0.05) is 0 Å². The lowest BCUT2D eigenvalue weighted by Gasteiger charge is -2.27. The van der Waals surface area contributed by atoms with Crippen molar-refractivity contribution in [1.82, 2.24) is 15.6 Å². The molecule has 1 amide bonds. The minimum absolute atomic E-state index is 0.0269. The molecule has 2 aromatic heterocycles. The zero-order valence-corrected chi connectivity index (χ0v) is 23.6. The van der Waals surface area contributed by atoms with Gasteiger partial charge in [-0.15, -0.1) is 0 Å². The van der Waals surface area contributed by atoms with Crippen LogP contribution in [0.4, 0.5) is 14.5 Å². The smallest absolute Gasteiger partial charge is 0.251 e. The van der Waals surface area contributed by atoms with Gasteiger partial charge in [0.1, 0.15) is 35.1 Å². The molecule has 3 N–H and O–H groups in total. The normalized spacial score (nSPS) is 19.1. The number of nitriles is 1. The number of alkyl halides is 1. The van der Waals surface area contributed by atoms with Crippen LogP contribution in [0.3, 0.4) is 0 Å². The highest BCUT2D eigenvalue weighted by Gasteiger charge is 2.27. The van der Waals surface area contributed by atoms with Gasteiger partial charge in [0.25, 0.3) is 5.91 Å². The molecule has 2 atom stereocenters. The van der Waals surface area contributed by atoms with Crippen LogP contribution in [0.5, 0.6) is 5.75 Å². The minimum Gasteiger partial charge on any atom is -0.496 e. The molecule has 2 aliphatic rings. The maximum absolute atomic E-state index is 15.4. The molecule has 9 nitrogen and oxygen atoms in total. The van der Waals surface area contributed by atoms with Crippen LogP contribution >= 0.6 is 0 Å². The van der Waals surface area contributed by atoms with E-state index in [4.69, 9.17) is 13.9 Å². The van der Waals surface area contributed by atoms with E-state index in [9.17, 15) is 14.4 Å². The summed E-state index contributed by atoms with van der Waals surface area (Å²) >= 11 is 0. The van der Waals surface area contributed by atoms with Gasteiger partial charge >= 0.3 is 0 Å². The van der Waals surface area contributed by atoms with Crippen molar-refractivity contribution >= 4 is 22.7 Å². The van der Waals surface area contributed by atoms with Gasteiger partial charge in [0, 0.05) is 49.2 Å². The summed E-state index contributed by atoms with van der Waals surface area (Å²) in [6, 6.07) is 13.0. The number of anilines is 1. The van der Waals surface area contributed by atoms with E-state index in [1.807, 2.05) is 0 Å². The number of furan rings is 1. The molecule has 2 aromatic carbocycles. The first-order chi connectivity index (χ1) is 20.9. The highest BCUT2D eigenvalue weighted by atomic mass is 19.1. The Morgan fingerprint density at radius 1 is 1.14 bits per heavy atom. The molecular formula is C32H31F2N5O4. The van der Waals surface area contributed by atoms with Crippen molar-refractivity contribution in [2.24, 2.45) is 0 Å². The molecular weight excluding hydrogens is 556 g/mol. The second-order valence-corrected chi connectivity index (χ2v) is 10.7. The predicted octanol–water partition coefficient (Wildman–Crippen LogP) is 5.20. The van der Waals surface area contributed by atoms with E-state index in [-0.39, 0.29) is 23.8 Å². The van der Waals surface area contributed by atoms with Crippen LogP contribution in [0.25, 0.3) is 33.6 Å². The fourth-order valence-corrected chi connectivity index (χ4v) is 5.61. The molecule has 222 valence electrons. The number of amides is 1. The standard InChI is InChI=1S/C32H31F2N5O4/c1-41-28-14-18(32(40)39-26-5-8-36-17-25(26)34)2-3-23(28)29-15-27-31(43-29)22(4-9-37-27)19-12-20(16-35)30(24(33)13-19)38-21-6-10-42-11-7-21/h2-4,9,12-15,21,25-26,36,38H,5-8,10-11,17H2,1H3,(H,39,40)/t25-,26-/m1/s1. The van der Waals surface area contributed by atoms with Gasteiger partial charge in [0.15, 0.2) is 5.58 Å². The summed E-state index contributed by atoms with van der Waals surface area (Å²) in [7, 11) is 1.49. The maximum atomic E-state index is 15.4. The van der Waals surface area contributed by atoms with E-state index < -0.39 is 23.9 Å². The number of fused-ring (bicyclic) bond motifs is 1. The van der Waals surface area contributed by atoms with Crippen LogP contribution < -0.4 is 20.7 Å². The third-order valence-corrected chi connectivity index (χ3v) is 7.96. The Kier molecular flexibility index (Phi) is 8.22. The lowest BCUT2D eigenvalue weighted by atomic mass is 10.0. The zero-order valence-electron chi connectivity index (χ0n) is 23.6. The molecule has 43 heavy (non-hydrogen) atoms. The number of methoxy groups -OCH3 is 1. The van der Waals surface area contributed by atoms with Crippen molar-refractivity contribution < 1.29 is 27.5 Å². The molecule has 0 spiro atoms. The summed E-state index contributed by atoms with van der Waals surface area (Å²) in [5.41, 5.74) is 3.26. The van der Waals surface area contributed by atoms with Gasteiger partial charge in [-0.2, -0.15) is 5.26 Å². The van der Waals surface area contributed by atoms with Crippen molar-refractivity contribution in [3.8, 4) is 34.3 Å². The Morgan fingerprint density at radius 2 is 1.98 bits per heavy atom. The summed E-state index contributed by atoms with van der Waals surface area (Å²) < 4.78 is 46.9. The second kappa shape index (κ2) is 12.4. The summed E-state index contributed by atoms with van der Waals surface area (Å²) in [6.45, 7) is 2.02. The summed E-state index contributed by atoms with van der Waals surface area (Å²) in [5, 5.41) is 18.8. The van der Waals surface area contributed by atoms with Crippen molar-refractivity contribution in [2.75, 3.05) is 38.7 Å². The second-order valence-electron chi connectivity index (χ2n) is 10.7. The molecule has 6 rings (SSSR count). The van der Waals surface area contributed by atoms with Gasteiger partial charge < -0.3 is 29.8 Å². The van der Waals surface area contributed by atoms with Crippen molar-refractivity contribution in [3.63, 3.8) is 0 Å². The average Bonchev–Trinajstić information content (AvgIpc) is 3.47. The van der Waals surface area contributed by atoms with Crippen molar-refractivity contribution in [3.05, 3.63) is 65.6 Å². The number of hydrogen-bond donors (Lipinski definition) is 3. The van der Waals surface area contributed by atoms with E-state index in [0.29, 0.717) is 71.0 Å². The summed E-state index contributed by atoms with van der Waals surface area (Å²) in [4.78, 5) is 17.3. The monoisotopic (exact) mass is 587 g/mol. The number of pyridine rings is 1. The van der Waals surface area contributed by atoms with Gasteiger partial charge in [0.2, 0.25) is 0 Å². The first-order valence-electron chi connectivity index (χ1n) is 14.3. The molecule has 2 aliphatic heterocycles. The molecule has 0 aliphatic carbocycles. The quantitative estimate of drug-likeness (QED) is 0.270. The van der Waals surface area contributed by atoms with E-state index >= 15 is 4.39 Å². The van der Waals surface area contributed by atoms with Crippen LogP contribution in [0.2, 0.25) is 0 Å². The van der Waals surface area contributed by atoms with E-state index in [1.54, 1.807) is 42.6 Å². The minimum atomic E-state index is -1.16. The number of carbonyl (C=O) groups is 1. The largest absolute Gasteiger partial charge is 0.496 e. The number of hydrogen-bond acceptors (Lipinski definition) is 8. The number of ether oxygens (including phenoxy) is 2. The molecule has 11 heteroatoms. The fraction of sp³-hybridized carbons (Fsp3) is 0.344. The molecule has 0 unspecified atom stereocenters. The van der Waals surface area contributed by atoms with Crippen molar-refractivity contribution in [1.29, 1.82) is 5.26 Å². The number of nitrogens with zero attached hydrogens (tertiary/aromatic N) is 2. The van der Waals surface area contributed by atoms with Crippen LogP contribution in [0, 0.1) is 17.1 Å². The Labute approximate surface area is 247 Å². The van der Waals surface area contributed by atoms with Crippen molar-refractivity contribution in [2.45, 2.75) is 37.5 Å². The molecule has 4 aromatic rings. The van der Waals surface area contributed by atoms with Crippen LogP contribution in [-0.2, 0) is 4.74 Å². The van der Waals surface area contributed by atoms with Gasteiger partial charge in [0.05, 0.1) is 30.0 Å². The Bertz CT molecular complexity index is 1700. The highest BCUT2D eigenvalue weighted by molar-refractivity contribution is 5.97. The number of piperidine rings is 1. The Morgan fingerprint density at radius 3 is 2.74 bits per heavy atom. The molecule has 2 saturated heterocycles. The Hall–Kier alpha value is -4.53. The molecule has 2 fully saturated rings. The van der Waals surface area contributed by atoms with Gasteiger partial charge in [-0.05, 0) is 67.8 Å². The van der Waals surface area contributed by atoms with Gasteiger partial charge in [-0.3, -0.25) is 9.78 Å². The van der Waals surface area contributed by atoms with Crippen LogP contribution in [0.15, 0.2) is 53.1 Å². The van der Waals surface area contributed by atoms with Crippen LogP contribution in [-0.4, -0.2) is 62.6 Å². The number of aromatic nitrogens is 1. The maximum Gasteiger partial charge on any atom is 0.251 e. The SMILES string of the molecule is COc1cc(C(=O)N[C@@H]2CCNC[C@H]2F)ccc1-c1cc2nccc(-c3cc(F)c(NC4CCOCC4)c(C#N)c3)c2o1. The first-order valence-corrected chi connectivity index (χ1v) is 14.3. The zero-order chi connectivity index (χ0) is 29.9. The number of benzene rings is 2. The average molecular weight is 588 g/mol. The molecule has 0 radical (unpaired) electrons. The number of rotatable bonds is 7. The molecule has 4 heterocycles. The number of carbonyl (C=O) groups excluding carboxylic acids is 1. The number of nitrogens with one attached hydrogen (secondary N) is 3. The van der Waals surface area contributed by atoms with E-state index in [0.717, 1.165) is 12.8 Å². The van der Waals surface area contributed by atoms with E-state index in [1.165, 1.54) is 13.2 Å². The highest BCUT2D eigenvalue weighted by Crippen LogP contribution is 2.39. The fourth-order valence-electron chi connectivity index (χ4n) is 5.61. The van der Waals surface area contributed by atoms with Gasteiger partial charge in [-0.25, -0.2) is 8.78 Å². The lowest BCUT2D eigenvalue weighted by molar-refractivity contribution is 0.0891. The first kappa shape index (κ1) is 28.6. The third kappa shape index (κ3) is 5.89. The van der Waals surface area contributed by atoms with Crippen LogP contribution in [0.1, 0.15) is 35.2 Å². The molecule has 0 bridgehead atoms. The summed E-state index contributed by atoms with van der Waals surface area (Å²) in [5.74, 6) is -0.106. The molecule has 0 saturated carbocycles. The third-order valence-electron chi connectivity index (χ3n) is 7.96.